The van der Waals surface area contributed by atoms with Crippen LogP contribution in [0, 0.1) is 16.7 Å². The largest absolute Gasteiger partial charge is 0.299 e. The third kappa shape index (κ3) is 2.96. The molecule has 1 aliphatic heterocycles. The third-order valence-corrected chi connectivity index (χ3v) is 9.79. The highest BCUT2D eigenvalue weighted by molar-refractivity contribution is 7.89. The molecule has 2 bridgehead atoms. The molecule has 1 N–H and O–H groups in total. The summed E-state index contributed by atoms with van der Waals surface area (Å²) in [5.41, 5.74) is -1.06. The first-order valence-corrected chi connectivity index (χ1v) is 11.6. The lowest BCUT2D eigenvalue weighted by Crippen LogP contribution is -2.63. The molecule has 0 aromatic rings. The smallest absolute Gasteiger partial charge is 0.212 e. The van der Waals surface area contributed by atoms with Crippen molar-refractivity contribution in [1.29, 1.82) is 0 Å². The average molecular weight is 385 g/mol. The van der Waals surface area contributed by atoms with Gasteiger partial charge in [-0.05, 0) is 71.8 Å². The van der Waals surface area contributed by atoms with Crippen molar-refractivity contribution in [2.45, 2.75) is 90.8 Å². The molecule has 2 aliphatic carbocycles. The van der Waals surface area contributed by atoms with Crippen molar-refractivity contribution < 1.29 is 13.2 Å². The molecular formula is C20H36N2O3S. The number of carbonyl (C=O) groups excluding carboxylic acids is 1. The number of nitrogens with zero attached hydrogens (tertiary/aromatic N) is 1. The number of Topliss-reactive ketones (excluding diaryl/α,β-unsaturated/α-hetero) is 1. The maximum Gasteiger partial charge on any atom is 0.212 e. The maximum atomic E-state index is 13.1. The van der Waals surface area contributed by atoms with Gasteiger partial charge in [-0.25, -0.2) is 13.1 Å². The molecule has 26 heavy (non-hydrogen) atoms. The molecule has 150 valence electrons. The van der Waals surface area contributed by atoms with Crippen molar-refractivity contribution >= 4 is 15.8 Å². The molecule has 3 fully saturated rings. The van der Waals surface area contributed by atoms with Crippen molar-refractivity contribution in [3.8, 4) is 0 Å². The van der Waals surface area contributed by atoms with E-state index in [1.54, 1.807) is 0 Å². The van der Waals surface area contributed by atoms with Gasteiger partial charge >= 0.3 is 0 Å². The lowest BCUT2D eigenvalue weighted by atomic mass is 9.70. The lowest BCUT2D eigenvalue weighted by molar-refractivity contribution is -0.128. The third-order valence-electron chi connectivity index (χ3n) is 8.23. The number of likely N-dealkylation sites (tertiary alicyclic amines) is 1. The minimum absolute atomic E-state index is 0.0461. The summed E-state index contributed by atoms with van der Waals surface area (Å²) in [6.45, 7) is 12.8. The van der Waals surface area contributed by atoms with Crippen LogP contribution in [0.2, 0.25) is 0 Å². The number of rotatable bonds is 4. The van der Waals surface area contributed by atoms with Gasteiger partial charge in [0.1, 0.15) is 5.78 Å². The van der Waals surface area contributed by atoms with Gasteiger partial charge < -0.3 is 0 Å². The SMILES string of the molecule is CN1C(C)(C)CC(NS(=O)(=O)C[C@@]23CC[C@@H](CC2=O)C3(C)C)CC1(C)C. The van der Waals surface area contributed by atoms with Crippen LogP contribution in [0.25, 0.3) is 0 Å². The Bertz CT molecular complexity index is 693. The first kappa shape index (κ1) is 20.3. The highest BCUT2D eigenvalue weighted by Crippen LogP contribution is 2.64. The molecule has 0 amide bonds. The first-order valence-electron chi connectivity index (χ1n) is 9.90. The summed E-state index contributed by atoms with van der Waals surface area (Å²) >= 11 is 0. The Morgan fingerprint density at radius 2 is 1.62 bits per heavy atom. The Kier molecular flexibility index (Phi) is 4.50. The van der Waals surface area contributed by atoms with Crippen LogP contribution < -0.4 is 4.72 Å². The molecule has 6 heteroatoms. The minimum Gasteiger partial charge on any atom is -0.299 e. The molecule has 2 saturated carbocycles. The number of carbonyl (C=O) groups is 1. The maximum absolute atomic E-state index is 13.1. The van der Waals surface area contributed by atoms with Gasteiger partial charge in [-0.15, -0.1) is 0 Å². The second-order valence-electron chi connectivity index (χ2n) is 10.8. The monoisotopic (exact) mass is 384 g/mol. The summed E-state index contributed by atoms with van der Waals surface area (Å²) in [6, 6.07) is -0.0885. The van der Waals surface area contributed by atoms with Crippen molar-refractivity contribution in [2.24, 2.45) is 16.7 Å². The summed E-state index contributed by atoms with van der Waals surface area (Å²) < 4.78 is 29.2. The Labute approximate surface area is 159 Å². The van der Waals surface area contributed by atoms with Crippen molar-refractivity contribution in [2.75, 3.05) is 12.8 Å². The zero-order valence-corrected chi connectivity index (χ0v) is 18.3. The van der Waals surface area contributed by atoms with Gasteiger partial charge in [-0.3, -0.25) is 9.69 Å². The van der Waals surface area contributed by atoms with Gasteiger partial charge in [-0.2, -0.15) is 0 Å². The molecule has 3 rings (SSSR count). The van der Waals surface area contributed by atoms with Crippen LogP contribution in [0.4, 0.5) is 0 Å². The number of fused-ring (bicyclic) bond motifs is 2. The van der Waals surface area contributed by atoms with Crippen molar-refractivity contribution in [3.63, 3.8) is 0 Å². The molecule has 1 heterocycles. The molecule has 3 aliphatic rings. The topological polar surface area (TPSA) is 66.5 Å². The highest BCUT2D eigenvalue weighted by Gasteiger charge is 2.65. The standard InChI is InChI=1S/C20H36N2O3S/c1-17(2)11-15(12-18(3,4)22(17)7)21-26(24,25)13-20-9-8-14(10-16(20)23)19(20,5)6/h14-15,21H,8-13H2,1-7H3/t14-,20-/m0/s1. The Hall–Kier alpha value is -0.460. The molecular weight excluding hydrogens is 348 g/mol. The summed E-state index contributed by atoms with van der Waals surface area (Å²) in [5.74, 6) is 0.453. The first-order chi connectivity index (χ1) is 11.6. The van der Waals surface area contributed by atoms with Crippen LogP contribution in [-0.4, -0.2) is 49.0 Å². The zero-order chi connectivity index (χ0) is 19.8. The quantitative estimate of drug-likeness (QED) is 0.809. The van der Waals surface area contributed by atoms with E-state index >= 15 is 0 Å². The predicted molar refractivity (Wildman–Crippen MR) is 104 cm³/mol. The second kappa shape index (κ2) is 5.77. The Morgan fingerprint density at radius 3 is 2.04 bits per heavy atom. The molecule has 2 atom stereocenters. The van der Waals surface area contributed by atoms with Crippen molar-refractivity contribution in [3.05, 3.63) is 0 Å². The summed E-state index contributed by atoms with van der Waals surface area (Å²) in [4.78, 5) is 15.0. The summed E-state index contributed by atoms with van der Waals surface area (Å²) in [7, 11) is -1.41. The van der Waals surface area contributed by atoms with E-state index in [9.17, 15) is 13.2 Å². The number of ketones is 1. The van der Waals surface area contributed by atoms with Crippen LogP contribution in [0.15, 0.2) is 0 Å². The van der Waals surface area contributed by atoms with E-state index in [0.717, 1.165) is 25.7 Å². The second-order valence-corrected chi connectivity index (χ2v) is 12.6. The van der Waals surface area contributed by atoms with Gasteiger partial charge in [0.2, 0.25) is 10.0 Å². The fraction of sp³-hybridized carbons (Fsp3) is 0.950. The minimum atomic E-state index is -3.52. The van der Waals surface area contributed by atoms with Gasteiger partial charge in [0.05, 0.1) is 5.75 Å². The van der Waals surface area contributed by atoms with Crippen molar-refractivity contribution in [1.82, 2.24) is 9.62 Å². The van der Waals surface area contributed by atoms with E-state index in [1.165, 1.54) is 0 Å². The van der Waals surface area contributed by atoms with Crippen LogP contribution in [0.5, 0.6) is 0 Å². The van der Waals surface area contributed by atoms with Crippen LogP contribution in [0.3, 0.4) is 0 Å². The van der Waals surface area contributed by atoms with Crippen LogP contribution >= 0.6 is 0 Å². The molecule has 0 spiro atoms. The van der Waals surface area contributed by atoms with Crippen LogP contribution in [0.1, 0.15) is 73.6 Å². The van der Waals surface area contributed by atoms with Gasteiger partial charge in [-0.1, -0.05) is 13.8 Å². The zero-order valence-electron chi connectivity index (χ0n) is 17.5. The van der Waals surface area contributed by atoms with Gasteiger partial charge in [0, 0.05) is 29.0 Å². The van der Waals surface area contributed by atoms with Gasteiger partial charge in [0.25, 0.3) is 0 Å². The fourth-order valence-electron chi connectivity index (χ4n) is 6.18. The average Bonchev–Trinajstić information content (AvgIpc) is 2.77. The van der Waals surface area contributed by atoms with E-state index in [1.807, 2.05) is 0 Å². The number of piperidine rings is 1. The lowest BCUT2D eigenvalue weighted by Gasteiger charge is -2.53. The molecule has 1 saturated heterocycles. The Balaban J connectivity index is 1.79. The van der Waals surface area contributed by atoms with Gasteiger partial charge in [0.15, 0.2) is 0 Å². The fourth-order valence-corrected chi connectivity index (χ4v) is 8.27. The molecule has 0 unspecified atom stereocenters. The normalized spacial score (nSPS) is 36.6. The predicted octanol–water partition coefficient (Wildman–Crippen LogP) is 2.95. The summed E-state index contributed by atoms with van der Waals surface area (Å²) in [6.07, 6.45) is 3.80. The van der Waals surface area contributed by atoms with E-state index in [-0.39, 0.29) is 34.1 Å². The van der Waals surface area contributed by atoms with E-state index in [0.29, 0.717) is 12.3 Å². The number of sulfonamides is 1. The number of nitrogens with one attached hydrogen (secondary N) is 1. The molecule has 0 aromatic carbocycles. The van der Waals surface area contributed by atoms with E-state index < -0.39 is 15.4 Å². The highest BCUT2D eigenvalue weighted by atomic mass is 32.2. The number of hydrogen-bond donors (Lipinski definition) is 1. The van der Waals surface area contributed by atoms with E-state index in [2.05, 4.69) is 58.2 Å². The number of hydrogen-bond acceptors (Lipinski definition) is 4. The molecule has 5 nitrogen and oxygen atoms in total. The summed E-state index contributed by atoms with van der Waals surface area (Å²) in [5, 5.41) is 0. The molecule has 0 radical (unpaired) electrons. The van der Waals surface area contributed by atoms with Crippen LogP contribution in [-0.2, 0) is 14.8 Å². The Morgan fingerprint density at radius 1 is 1.08 bits per heavy atom. The van der Waals surface area contributed by atoms with E-state index in [4.69, 9.17) is 0 Å². The molecule has 0 aromatic heterocycles.